The maximum absolute atomic E-state index is 16.1. The molecule has 3 atom stereocenters. The molecule has 0 fully saturated rings. The molecule has 0 aromatic heterocycles. The molecule has 344 valence electrons. The Morgan fingerprint density at radius 3 is 0.708 bits per heavy atom. The Kier molecular flexibility index (Phi) is 18.6. The Hall–Kier alpha value is -4.57. The first kappa shape index (κ1) is 49.9. The smallest absolute Gasteiger partial charge is 0.287 e. The van der Waals surface area contributed by atoms with Crippen molar-refractivity contribution >= 4 is 7.82 Å². The minimum Gasteiger partial charge on any atom is -0.287 e. The van der Waals surface area contributed by atoms with Gasteiger partial charge in [-0.05, 0) is 70.4 Å². The molecular weight excluding hydrogens is 816 g/mol. The maximum Gasteiger partial charge on any atom is 0.474 e. The highest BCUT2D eigenvalue weighted by molar-refractivity contribution is 7.48. The molecule has 0 radical (unpaired) electrons. The van der Waals surface area contributed by atoms with E-state index in [9.17, 15) is 0 Å². The van der Waals surface area contributed by atoms with E-state index in [1.165, 1.54) is 33.4 Å². The molecule has 65 heavy (non-hydrogen) atoms. The molecule has 0 aliphatic heterocycles. The third-order valence-electron chi connectivity index (χ3n) is 14.7. The quantitative estimate of drug-likeness (QED) is 0.0483. The summed E-state index contributed by atoms with van der Waals surface area (Å²) in [5, 5.41) is 0. The predicted molar refractivity (Wildman–Crippen MR) is 273 cm³/mol. The van der Waals surface area contributed by atoms with Gasteiger partial charge in [0.15, 0.2) is 0 Å². The normalized spacial score (nSPS) is 14.6. The van der Waals surface area contributed by atoms with Crippen molar-refractivity contribution in [2.24, 2.45) is 17.8 Å². The second-order valence-corrected chi connectivity index (χ2v) is 20.3. The Bertz CT molecular complexity index is 1890. The Balaban J connectivity index is 1.43. The lowest BCUT2D eigenvalue weighted by Gasteiger charge is -2.41. The number of phosphoric acid groups is 1. The van der Waals surface area contributed by atoms with Gasteiger partial charge in [-0.1, -0.05) is 262 Å². The molecular formula is C60H75O4P. The van der Waals surface area contributed by atoms with Crippen molar-refractivity contribution in [3.63, 3.8) is 0 Å². The zero-order valence-corrected chi connectivity index (χ0v) is 41.0. The number of hydrogen-bond donors (Lipinski definition) is 0. The molecule has 0 bridgehead atoms. The molecule has 0 spiro atoms. The van der Waals surface area contributed by atoms with E-state index in [1.807, 2.05) is 0 Å². The number of benzene rings is 6. The van der Waals surface area contributed by atoms with Crippen LogP contribution >= 0.6 is 7.82 Å². The van der Waals surface area contributed by atoms with Gasteiger partial charge in [0.1, 0.15) is 0 Å². The third kappa shape index (κ3) is 12.1. The van der Waals surface area contributed by atoms with Crippen molar-refractivity contribution in [2.75, 3.05) is 19.8 Å². The van der Waals surface area contributed by atoms with Crippen molar-refractivity contribution in [1.29, 1.82) is 0 Å². The fourth-order valence-electron chi connectivity index (χ4n) is 10.2. The highest BCUT2D eigenvalue weighted by Crippen LogP contribution is 2.55. The summed E-state index contributed by atoms with van der Waals surface area (Å²) in [6, 6.07) is 64.5. The van der Waals surface area contributed by atoms with Gasteiger partial charge in [0, 0.05) is 16.2 Å². The molecule has 3 unspecified atom stereocenters. The van der Waals surface area contributed by atoms with Crippen LogP contribution in [0.3, 0.4) is 0 Å². The molecule has 6 aromatic rings. The summed E-state index contributed by atoms with van der Waals surface area (Å²) in [4.78, 5) is 0. The van der Waals surface area contributed by atoms with Gasteiger partial charge < -0.3 is 0 Å². The zero-order valence-electron chi connectivity index (χ0n) is 40.1. The van der Waals surface area contributed by atoms with Crippen LogP contribution in [-0.4, -0.2) is 19.8 Å². The SMILES string of the molecule is CCCCC(COP(=O)(OCC(CCCC)C(C)(c1ccccc1)c1ccccc1)OCC(CCCC)C(C)(c1ccccc1)c1ccccc1)C(C)(c1ccccc1)c1ccccc1. The number of hydrogen-bond acceptors (Lipinski definition) is 4. The van der Waals surface area contributed by atoms with Gasteiger partial charge in [0.2, 0.25) is 0 Å². The second-order valence-electron chi connectivity index (χ2n) is 18.7. The van der Waals surface area contributed by atoms with Crippen LogP contribution in [0.15, 0.2) is 182 Å². The molecule has 4 nitrogen and oxygen atoms in total. The lowest BCUT2D eigenvalue weighted by Crippen LogP contribution is -2.38. The molecule has 0 aliphatic rings. The average molecular weight is 891 g/mol. The van der Waals surface area contributed by atoms with Gasteiger partial charge in [-0.2, -0.15) is 0 Å². The van der Waals surface area contributed by atoms with Gasteiger partial charge in [0.05, 0.1) is 19.8 Å². The lowest BCUT2D eigenvalue weighted by molar-refractivity contribution is 0.0535. The van der Waals surface area contributed by atoms with Crippen molar-refractivity contribution in [3.05, 3.63) is 215 Å². The summed E-state index contributed by atoms with van der Waals surface area (Å²) in [5.41, 5.74) is 5.91. The summed E-state index contributed by atoms with van der Waals surface area (Å²) >= 11 is 0. The van der Waals surface area contributed by atoms with Crippen LogP contribution in [0.5, 0.6) is 0 Å². The maximum atomic E-state index is 16.1. The van der Waals surface area contributed by atoms with Crippen molar-refractivity contribution in [1.82, 2.24) is 0 Å². The fraction of sp³-hybridized carbons (Fsp3) is 0.400. The standard InChI is InChI=1S/C60H75O4P/c1-7-10-31-55(58(4,49-34-19-13-20-35-49)50-36-21-14-22-37-50)46-62-65(61,63-47-56(32-11-8-2)59(5,51-38-23-15-24-39-51)52-40-25-16-26-41-52)64-48-57(33-12-9-3)60(6,53-42-27-17-28-43-53)54-44-29-18-30-45-54/h13-30,34-45,55-57H,7-12,31-33,46-48H2,1-6H3. The van der Waals surface area contributed by atoms with Gasteiger partial charge in [-0.15, -0.1) is 0 Å². The largest absolute Gasteiger partial charge is 0.474 e. The molecule has 0 heterocycles. The van der Waals surface area contributed by atoms with Crippen LogP contribution < -0.4 is 0 Å². The number of unbranched alkanes of at least 4 members (excludes halogenated alkanes) is 3. The summed E-state index contributed by atoms with van der Waals surface area (Å²) in [6.45, 7) is 14.3. The van der Waals surface area contributed by atoms with Crippen molar-refractivity contribution < 1.29 is 18.1 Å². The molecule has 6 aromatic carbocycles. The Morgan fingerprint density at radius 1 is 0.354 bits per heavy atom. The molecule has 0 saturated carbocycles. The summed E-state index contributed by atoms with van der Waals surface area (Å²) in [6.07, 6.45) is 8.78. The van der Waals surface area contributed by atoms with Crippen LogP contribution in [0.4, 0.5) is 0 Å². The molecule has 0 N–H and O–H groups in total. The van der Waals surface area contributed by atoms with Gasteiger partial charge in [-0.3, -0.25) is 13.6 Å². The minimum absolute atomic E-state index is 0.0302. The van der Waals surface area contributed by atoms with Crippen LogP contribution in [0.2, 0.25) is 0 Å². The molecule has 5 heteroatoms. The summed E-state index contributed by atoms with van der Waals surface area (Å²) in [7, 11) is -4.24. The van der Waals surface area contributed by atoms with Crippen LogP contribution in [-0.2, 0) is 34.4 Å². The zero-order chi connectivity index (χ0) is 46.0. The van der Waals surface area contributed by atoms with Crippen LogP contribution in [0.25, 0.3) is 0 Å². The van der Waals surface area contributed by atoms with E-state index in [0.717, 1.165) is 57.8 Å². The van der Waals surface area contributed by atoms with Crippen molar-refractivity contribution in [3.8, 4) is 0 Å². The van der Waals surface area contributed by atoms with Crippen molar-refractivity contribution in [2.45, 2.75) is 116 Å². The number of rotatable bonds is 27. The minimum atomic E-state index is -4.24. The highest BCUT2D eigenvalue weighted by atomic mass is 31.2. The Morgan fingerprint density at radius 2 is 0.538 bits per heavy atom. The summed E-state index contributed by atoms with van der Waals surface area (Å²) in [5.74, 6) is -0.0907. The first-order valence-corrected chi connectivity index (χ1v) is 26.0. The van der Waals surface area contributed by atoms with E-state index in [4.69, 9.17) is 13.6 Å². The van der Waals surface area contributed by atoms with E-state index in [2.05, 4.69) is 224 Å². The van der Waals surface area contributed by atoms with Gasteiger partial charge in [-0.25, -0.2) is 4.57 Å². The van der Waals surface area contributed by atoms with E-state index in [0.29, 0.717) is 0 Å². The highest BCUT2D eigenvalue weighted by Gasteiger charge is 2.44. The third-order valence-corrected chi connectivity index (χ3v) is 16.1. The first-order chi connectivity index (χ1) is 31.6. The van der Waals surface area contributed by atoms with Crippen LogP contribution in [0.1, 0.15) is 133 Å². The second kappa shape index (κ2) is 24.3. The number of phosphoric ester groups is 1. The molecule has 6 rings (SSSR count). The van der Waals surface area contributed by atoms with E-state index >= 15 is 4.57 Å². The average Bonchev–Trinajstić information content (AvgIpc) is 3.37. The van der Waals surface area contributed by atoms with E-state index < -0.39 is 24.1 Å². The van der Waals surface area contributed by atoms with Gasteiger partial charge >= 0.3 is 7.82 Å². The first-order valence-electron chi connectivity index (χ1n) is 24.5. The van der Waals surface area contributed by atoms with E-state index in [-0.39, 0.29) is 37.6 Å². The van der Waals surface area contributed by atoms with Crippen LogP contribution in [0, 0.1) is 17.8 Å². The molecule has 0 amide bonds. The van der Waals surface area contributed by atoms with Gasteiger partial charge in [0.25, 0.3) is 0 Å². The Labute approximate surface area is 392 Å². The summed E-state index contributed by atoms with van der Waals surface area (Å²) < 4.78 is 36.9. The van der Waals surface area contributed by atoms with E-state index in [1.54, 1.807) is 0 Å². The monoisotopic (exact) mass is 891 g/mol. The predicted octanol–water partition coefficient (Wildman–Crippen LogP) is 16.6. The topological polar surface area (TPSA) is 44.8 Å². The fourth-order valence-corrected chi connectivity index (χ4v) is 11.6. The lowest BCUT2D eigenvalue weighted by atomic mass is 9.66. The molecule has 0 saturated heterocycles. The molecule has 0 aliphatic carbocycles.